The van der Waals surface area contributed by atoms with Gasteiger partial charge in [-0.15, -0.1) is 0 Å². The highest BCUT2D eigenvalue weighted by Crippen LogP contribution is 2.42. The van der Waals surface area contributed by atoms with Gasteiger partial charge in [-0.05, 0) is 130 Å². The zero-order chi connectivity index (χ0) is 21.1. The van der Waals surface area contributed by atoms with Crippen LogP contribution in [0.1, 0.15) is 82.6 Å². The van der Waals surface area contributed by atoms with Gasteiger partial charge in [0.1, 0.15) is 6.29 Å². The molecular formula is C26H38O. The second-order valence-electron chi connectivity index (χ2n) is 8.72. The lowest BCUT2D eigenvalue weighted by Crippen LogP contribution is -2.19. The van der Waals surface area contributed by atoms with Gasteiger partial charge in [0.15, 0.2) is 0 Å². The van der Waals surface area contributed by atoms with Crippen molar-refractivity contribution >= 4 is 6.29 Å². The van der Waals surface area contributed by atoms with E-state index in [-0.39, 0.29) is 5.41 Å². The van der Waals surface area contributed by atoms with Gasteiger partial charge in [0, 0.05) is 0 Å². The van der Waals surface area contributed by atoms with Gasteiger partial charge in [-0.1, -0.05) is 26.0 Å². The van der Waals surface area contributed by atoms with Crippen molar-refractivity contribution in [2.24, 2.45) is 5.41 Å². The molecule has 1 heteroatoms. The Labute approximate surface area is 167 Å². The quantitative estimate of drug-likeness (QED) is 0.275. The number of allylic oxidation sites excluding steroid dienone is 12. The number of carbonyl (C=O) groups excluding carboxylic acids is 1. The van der Waals surface area contributed by atoms with E-state index >= 15 is 0 Å². The van der Waals surface area contributed by atoms with Crippen molar-refractivity contribution in [3.05, 3.63) is 67.9 Å². The summed E-state index contributed by atoms with van der Waals surface area (Å²) < 4.78 is 0. The number of rotatable bonds is 5. The fourth-order valence-electron chi connectivity index (χ4n) is 4.03. The molecule has 0 saturated carbocycles. The Kier molecular flexibility index (Phi) is 7.60. The molecule has 0 aromatic heterocycles. The first kappa shape index (κ1) is 23.1. The fraction of sp³-hybridized carbons (Fsp3) is 0.500. The topological polar surface area (TPSA) is 17.1 Å². The lowest BCUT2D eigenvalue weighted by Gasteiger charge is -2.33. The highest BCUT2D eigenvalue weighted by atomic mass is 16.1. The molecule has 0 amide bonds. The van der Waals surface area contributed by atoms with Crippen LogP contribution < -0.4 is 0 Å². The number of hydrogen-bond acceptors (Lipinski definition) is 1. The molecule has 148 valence electrons. The lowest BCUT2D eigenvalue weighted by molar-refractivity contribution is -0.104. The Morgan fingerprint density at radius 2 is 1.26 bits per heavy atom. The Bertz CT molecular complexity index is 814. The summed E-state index contributed by atoms with van der Waals surface area (Å²) in [6, 6.07) is 0. The molecule has 27 heavy (non-hydrogen) atoms. The Balaban J connectivity index is 3.57. The zero-order valence-electron chi connectivity index (χ0n) is 19.3. The summed E-state index contributed by atoms with van der Waals surface area (Å²) in [6.45, 7) is 24.0. The summed E-state index contributed by atoms with van der Waals surface area (Å²) in [7, 11) is 0. The van der Waals surface area contributed by atoms with Crippen molar-refractivity contribution in [2.45, 2.75) is 82.6 Å². The van der Waals surface area contributed by atoms with E-state index in [9.17, 15) is 4.79 Å². The standard InChI is InChI=1S/C26H38O/c1-16-13-12-14-26(10,11)25(16)24(9)23(8)22(7)21(6)20(5)19(4)18(3)17(2)15-27/h12-13,15H,14H2,1-11H3/b18-17+,20-19+,22-21+,24-23+. The van der Waals surface area contributed by atoms with E-state index < -0.39 is 0 Å². The van der Waals surface area contributed by atoms with E-state index in [1.54, 1.807) is 0 Å². The smallest absolute Gasteiger partial charge is 0.146 e. The van der Waals surface area contributed by atoms with E-state index in [2.05, 4.69) is 74.5 Å². The van der Waals surface area contributed by atoms with Gasteiger partial charge in [0.05, 0.1) is 0 Å². The van der Waals surface area contributed by atoms with Crippen LogP contribution in [0.4, 0.5) is 0 Å². The van der Waals surface area contributed by atoms with Crippen molar-refractivity contribution in [1.82, 2.24) is 0 Å². The minimum absolute atomic E-state index is 0.166. The summed E-state index contributed by atoms with van der Waals surface area (Å²) in [4.78, 5) is 11.1. The first-order valence-electron chi connectivity index (χ1n) is 9.91. The Morgan fingerprint density at radius 1 is 0.815 bits per heavy atom. The molecule has 0 bridgehead atoms. The van der Waals surface area contributed by atoms with Crippen molar-refractivity contribution in [2.75, 3.05) is 0 Å². The third-order valence-electron chi connectivity index (χ3n) is 6.59. The second-order valence-corrected chi connectivity index (χ2v) is 8.72. The first-order chi connectivity index (χ1) is 12.4. The number of aldehydes is 1. The Hall–Kier alpha value is -1.89. The Morgan fingerprint density at radius 3 is 1.70 bits per heavy atom. The van der Waals surface area contributed by atoms with Crippen molar-refractivity contribution in [1.29, 1.82) is 0 Å². The minimum atomic E-state index is 0.166. The maximum atomic E-state index is 11.1. The molecule has 1 nitrogen and oxygen atoms in total. The SMILES string of the molecule is CC1=C(/C(C)=C(C)/C(C)=C(C)/C(C)=C(C)/C(C)=C(\C)C=O)C(C)(C)CC=C1. The number of carbonyl (C=O) groups is 1. The molecule has 0 radical (unpaired) electrons. The van der Waals surface area contributed by atoms with Gasteiger partial charge in [-0.2, -0.15) is 0 Å². The van der Waals surface area contributed by atoms with Gasteiger partial charge < -0.3 is 0 Å². The second kappa shape index (κ2) is 8.87. The molecule has 0 fully saturated rings. The van der Waals surface area contributed by atoms with Crippen LogP contribution in [0.25, 0.3) is 0 Å². The largest absolute Gasteiger partial charge is 0.298 e. The molecule has 0 spiro atoms. The molecule has 0 atom stereocenters. The summed E-state index contributed by atoms with van der Waals surface area (Å²) in [6.07, 6.45) is 6.57. The van der Waals surface area contributed by atoms with Gasteiger partial charge in [0.25, 0.3) is 0 Å². The average molecular weight is 367 g/mol. The molecule has 0 N–H and O–H groups in total. The van der Waals surface area contributed by atoms with Crippen molar-refractivity contribution in [3.63, 3.8) is 0 Å². The van der Waals surface area contributed by atoms with Crippen LogP contribution in [0.3, 0.4) is 0 Å². The molecule has 1 aliphatic rings. The average Bonchev–Trinajstić information content (AvgIpc) is 2.62. The maximum absolute atomic E-state index is 11.1. The van der Waals surface area contributed by atoms with Crippen LogP contribution in [-0.4, -0.2) is 6.29 Å². The normalized spacial score (nSPS) is 20.6. The van der Waals surface area contributed by atoms with Gasteiger partial charge in [-0.25, -0.2) is 0 Å². The van der Waals surface area contributed by atoms with Gasteiger partial charge in [-0.3, -0.25) is 4.79 Å². The van der Waals surface area contributed by atoms with Crippen molar-refractivity contribution < 1.29 is 4.79 Å². The molecule has 0 aromatic carbocycles. The third kappa shape index (κ3) is 4.89. The van der Waals surface area contributed by atoms with Crippen LogP contribution in [0.2, 0.25) is 0 Å². The monoisotopic (exact) mass is 366 g/mol. The van der Waals surface area contributed by atoms with E-state index in [4.69, 9.17) is 0 Å². The third-order valence-corrected chi connectivity index (χ3v) is 6.59. The molecule has 1 rings (SSSR count). The van der Waals surface area contributed by atoms with Crippen molar-refractivity contribution in [3.8, 4) is 0 Å². The molecule has 1 aliphatic carbocycles. The summed E-state index contributed by atoms with van der Waals surface area (Å²) in [5.74, 6) is 0. The number of hydrogen-bond donors (Lipinski definition) is 0. The lowest BCUT2D eigenvalue weighted by atomic mass is 9.71. The van der Waals surface area contributed by atoms with Gasteiger partial charge >= 0.3 is 0 Å². The molecule has 0 heterocycles. The first-order valence-corrected chi connectivity index (χ1v) is 9.91. The summed E-state index contributed by atoms with van der Waals surface area (Å²) in [5.41, 5.74) is 12.7. The van der Waals surface area contributed by atoms with Crippen LogP contribution in [0, 0.1) is 5.41 Å². The molecule has 0 unspecified atom stereocenters. The zero-order valence-corrected chi connectivity index (χ0v) is 19.3. The predicted molar refractivity (Wildman–Crippen MR) is 120 cm³/mol. The van der Waals surface area contributed by atoms with Gasteiger partial charge in [0.2, 0.25) is 0 Å². The molecule has 0 aliphatic heterocycles. The summed E-state index contributed by atoms with van der Waals surface area (Å²) in [5, 5.41) is 0. The van der Waals surface area contributed by atoms with Crippen LogP contribution in [-0.2, 0) is 4.79 Å². The highest BCUT2D eigenvalue weighted by Gasteiger charge is 2.28. The maximum Gasteiger partial charge on any atom is 0.146 e. The van der Waals surface area contributed by atoms with Crippen LogP contribution >= 0.6 is 0 Å². The highest BCUT2D eigenvalue weighted by molar-refractivity contribution is 5.75. The van der Waals surface area contributed by atoms with E-state index in [1.807, 2.05) is 13.8 Å². The van der Waals surface area contributed by atoms with E-state index in [0.717, 1.165) is 23.9 Å². The molecule has 0 saturated heterocycles. The minimum Gasteiger partial charge on any atom is -0.298 e. The summed E-state index contributed by atoms with van der Waals surface area (Å²) >= 11 is 0. The predicted octanol–water partition coefficient (Wildman–Crippen LogP) is 7.83. The van der Waals surface area contributed by atoms with E-state index in [1.165, 1.54) is 44.6 Å². The molecule has 0 aromatic rings. The van der Waals surface area contributed by atoms with Crippen LogP contribution in [0.5, 0.6) is 0 Å². The van der Waals surface area contributed by atoms with Crippen LogP contribution in [0.15, 0.2) is 67.9 Å². The van der Waals surface area contributed by atoms with E-state index in [0.29, 0.717) is 0 Å². The fourth-order valence-corrected chi connectivity index (χ4v) is 4.03. The molecular weight excluding hydrogens is 328 g/mol.